The van der Waals surface area contributed by atoms with E-state index in [2.05, 4.69) is 31.1 Å². The molecule has 3 heteroatoms. The lowest BCUT2D eigenvalue weighted by Gasteiger charge is -2.18. The summed E-state index contributed by atoms with van der Waals surface area (Å²) in [5, 5.41) is 3.48. The van der Waals surface area contributed by atoms with E-state index in [-0.39, 0.29) is 0 Å². The van der Waals surface area contributed by atoms with Crippen LogP contribution in [0.5, 0.6) is 0 Å². The first-order valence-electron chi connectivity index (χ1n) is 8.19. The van der Waals surface area contributed by atoms with E-state index in [1.807, 2.05) is 0 Å². The Balaban J connectivity index is 1.76. The monoisotopic (exact) mass is 270 g/mol. The number of nitrogens with one attached hydrogen (secondary N) is 1. The normalized spacial score (nSPS) is 20.5. The lowest BCUT2D eigenvalue weighted by atomic mass is 10.1. The van der Waals surface area contributed by atoms with Crippen LogP contribution in [-0.4, -0.2) is 50.8 Å². The Morgan fingerprint density at radius 2 is 2.05 bits per heavy atom. The van der Waals surface area contributed by atoms with Gasteiger partial charge in [-0.25, -0.2) is 0 Å². The van der Waals surface area contributed by atoms with Gasteiger partial charge < -0.3 is 15.0 Å². The predicted molar refractivity (Wildman–Crippen MR) is 82.6 cm³/mol. The molecule has 0 saturated carbocycles. The summed E-state index contributed by atoms with van der Waals surface area (Å²) in [6.07, 6.45) is 7.72. The molecule has 0 amide bonds. The SMILES string of the molecule is CC(C)CNCCCCCOCCC1CCCN1C. The fourth-order valence-corrected chi connectivity index (χ4v) is 2.69. The Morgan fingerprint density at radius 1 is 1.21 bits per heavy atom. The first-order chi connectivity index (χ1) is 9.20. The van der Waals surface area contributed by atoms with E-state index in [1.165, 1.54) is 45.1 Å². The molecule has 1 aliphatic rings. The zero-order chi connectivity index (χ0) is 13.9. The van der Waals surface area contributed by atoms with Gasteiger partial charge in [0.2, 0.25) is 0 Å². The maximum Gasteiger partial charge on any atom is 0.0480 e. The van der Waals surface area contributed by atoms with Gasteiger partial charge in [0.05, 0.1) is 0 Å². The maximum atomic E-state index is 5.74. The number of hydrogen-bond donors (Lipinski definition) is 1. The summed E-state index contributed by atoms with van der Waals surface area (Å²) >= 11 is 0. The number of likely N-dealkylation sites (tertiary alicyclic amines) is 1. The number of rotatable bonds is 11. The molecule has 1 N–H and O–H groups in total. The molecule has 1 fully saturated rings. The summed E-state index contributed by atoms with van der Waals surface area (Å²) in [6, 6.07) is 0.778. The number of hydrogen-bond acceptors (Lipinski definition) is 3. The average Bonchev–Trinajstić information content (AvgIpc) is 2.77. The first-order valence-corrected chi connectivity index (χ1v) is 8.19. The summed E-state index contributed by atoms with van der Waals surface area (Å²) in [7, 11) is 2.24. The highest BCUT2D eigenvalue weighted by atomic mass is 16.5. The van der Waals surface area contributed by atoms with Gasteiger partial charge in [0.25, 0.3) is 0 Å². The lowest BCUT2D eigenvalue weighted by Crippen LogP contribution is -2.26. The number of nitrogens with zero attached hydrogens (tertiary/aromatic N) is 1. The molecule has 0 radical (unpaired) electrons. The molecule has 0 aliphatic carbocycles. The first kappa shape index (κ1) is 16.9. The van der Waals surface area contributed by atoms with Crippen molar-refractivity contribution in [2.45, 2.75) is 58.4 Å². The lowest BCUT2D eigenvalue weighted by molar-refractivity contribution is 0.110. The molecule has 0 aromatic carbocycles. The van der Waals surface area contributed by atoms with Crippen LogP contribution in [-0.2, 0) is 4.74 Å². The van der Waals surface area contributed by atoms with Crippen LogP contribution in [0.1, 0.15) is 52.4 Å². The zero-order valence-corrected chi connectivity index (χ0v) is 13.3. The molecular weight excluding hydrogens is 236 g/mol. The highest BCUT2D eigenvalue weighted by Crippen LogP contribution is 2.17. The van der Waals surface area contributed by atoms with Gasteiger partial charge in [-0.2, -0.15) is 0 Å². The van der Waals surface area contributed by atoms with E-state index in [0.717, 1.165) is 38.3 Å². The Bertz CT molecular complexity index is 209. The second-order valence-electron chi connectivity index (χ2n) is 6.34. The smallest absolute Gasteiger partial charge is 0.0480 e. The minimum Gasteiger partial charge on any atom is -0.381 e. The summed E-state index contributed by atoms with van der Waals surface area (Å²) in [6.45, 7) is 9.97. The number of ether oxygens (including phenoxy) is 1. The van der Waals surface area contributed by atoms with Gasteiger partial charge in [0.1, 0.15) is 0 Å². The predicted octanol–water partition coefficient (Wildman–Crippen LogP) is 2.90. The molecule has 0 bridgehead atoms. The molecule has 19 heavy (non-hydrogen) atoms. The van der Waals surface area contributed by atoms with Crippen molar-refractivity contribution in [2.24, 2.45) is 5.92 Å². The molecule has 0 aromatic heterocycles. The van der Waals surface area contributed by atoms with E-state index in [0.29, 0.717) is 0 Å². The van der Waals surface area contributed by atoms with Crippen molar-refractivity contribution in [3.05, 3.63) is 0 Å². The van der Waals surface area contributed by atoms with Crippen LogP contribution in [0.2, 0.25) is 0 Å². The van der Waals surface area contributed by atoms with E-state index < -0.39 is 0 Å². The summed E-state index contributed by atoms with van der Waals surface area (Å²) in [4.78, 5) is 2.48. The molecule has 1 saturated heterocycles. The van der Waals surface area contributed by atoms with Crippen LogP contribution >= 0.6 is 0 Å². The topological polar surface area (TPSA) is 24.5 Å². The van der Waals surface area contributed by atoms with Crippen molar-refractivity contribution in [2.75, 3.05) is 39.9 Å². The third kappa shape index (κ3) is 8.61. The molecule has 1 unspecified atom stereocenters. The van der Waals surface area contributed by atoms with Crippen LogP contribution in [0.4, 0.5) is 0 Å². The minimum atomic E-state index is 0.761. The van der Waals surface area contributed by atoms with Crippen LogP contribution in [0.25, 0.3) is 0 Å². The summed E-state index contributed by atoms with van der Waals surface area (Å²) in [5.74, 6) is 0.761. The molecule has 0 aromatic rings. The van der Waals surface area contributed by atoms with E-state index >= 15 is 0 Å². The van der Waals surface area contributed by atoms with Crippen molar-refractivity contribution in [3.63, 3.8) is 0 Å². The van der Waals surface area contributed by atoms with Crippen molar-refractivity contribution in [1.29, 1.82) is 0 Å². The van der Waals surface area contributed by atoms with Gasteiger partial charge in [-0.15, -0.1) is 0 Å². The van der Waals surface area contributed by atoms with Crippen molar-refractivity contribution in [3.8, 4) is 0 Å². The van der Waals surface area contributed by atoms with Crippen molar-refractivity contribution < 1.29 is 4.74 Å². The second kappa shape index (κ2) is 10.6. The third-order valence-electron chi connectivity index (χ3n) is 3.96. The highest BCUT2D eigenvalue weighted by molar-refractivity contribution is 4.75. The molecular formula is C16H34N2O. The minimum absolute atomic E-state index is 0.761. The Kier molecular flexibility index (Phi) is 9.48. The Labute approximate surface area is 120 Å². The van der Waals surface area contributed by atoms with Crippen LogP contribution in [0, 0.1) is 5.92 Å². The van der Waals surface area contributed by atoms with E-state index in [1.54, 1.807) is 0 Å². The van der Waals surface area contributed by atoms with Gasteiger partial charge in [-0.05, 0) is 71.1 Å². The fraction of sp³-hybridized carbons (Fsp3) is 1.00. The standard InChI is InChI=1S/C16H34N2O/c1-15(2)14-17-10-5-4-6-12-19-13-9-16-8-7-11-18(16)3/h15-17H,4-14H2,1-3H3. The Morgan fingerprint density at radius 3 is 2.74 bits per heavy atom. The molecule has 114 valence electrons. The second-order valence-corrected chi connectivity index (χ2v) is 6.34. The summed E-state index contributed by atoms with van der Waals surface area (Å²) < 4.78 is 5.74. The van der Waals surface area contributed by atoms with Crippen LogP contribution < -0.4 is 5.32 Å². The molecule has 1 aliphatic heterocycles. The van der Waals surface area contributed by atoms with Gasteiger partial charge >= 0.3 is 0 Å². The van der Waals surface area contributed by atoms with E-state index in [4.69, 9.17) is 4.74 Å². The van der Waals surface area contributed by atoms with E-state index in [9.17, 15) is 0 Å². The molecule has 3 nitrogen and oxygen atoms in total. The zero-order valence-electron chi connectivity index (χ0n) is 13.3. The van der Waals surface area contributed by atoms with Crippen LogP contribution in [0.15, 0.2) is 0 Å². The highest BCUT2D eigenvalue weighted by Gasteiger charge is 2.19. The molecule has 1 heterocycles. The average molecular weight is 270 g/mol. The van der Waals surface area contributed by atoms with Gasteiger partial charge in [-0.1, -0.05) is 13.8 Å². The van der Waals surface area contributed by atoms with Gasteiger partial charge in [-0.3, -0.25) is 0 Å². The molecule has 1 atom stereocenters. The molecule has 1 rings (SSSR count). The van der Waals surface area contributed by atoms with Gasteiger partial charge in [0, 0.05) is 19.3 Å². The number of unbranched alkanes of at least 4 members (excludes halogenated alkanes) is 2. The van der Waals surface area contributed by atoms with Crippen molar-refractivity contribution >= 4 is 0 Å². The summed E-state index contributed by atoms with van der Waals surface area (Å²) in [5.41, 5.74) is 0. The third-order valence-corrected chi connectivity index (χ3v) is 3.96. The van der Waals surface area contributed by atoms with Gasteiger partial charge in [0.15, 0.2) is 0 Å². The largest absolute Gasteiger partial charge is 0.381 e. The maximum absolute atomic E-state index is 5.74. The quantitative estimate of drug-likeness (QED) is 0.584. The fourth-order valence-electron chi connectivity index (χ4n) is 2.69. The Hall–Kier alpha value is -0.120. The van der Waals surface area contributed by atoms with Crippen LogP contribution in [0.3, 0.4) is 0 Å². The van der Waals surface area contributed by atoms with Crippen molar-refractivity contribution in [1.82, 2.24) is 10.2 Å². The molecule has 0 spiro atoms.